The Labute approximate surface area is 165 Å². The summed E-state index contributed by atoms with van der Waals surface area (Å²) in [4.78, 5) is 23.8. The summed E-state index contributed by atoms with van der Waals surface area (Å²) in [6.07, 6.45) is 4.16. The minimum atomic E-state index is -2.70. The number of carboxylic acids is 1. The number of carbonyl (C=O) groups is 1. The number of hydrogen-bond acceptors (Lipinski definition) is 3. The summed E-state index contributed by atoms with van der Waals surface area (Å²) in [6.45, 7) is 0.446. The van der Waals surface area contributed by atoms with E-state index in [4.69, 9.17) is 4.74 Å². The van der Waals surface area contributed by atoms with Gasteiger partial charge in [-0.1, -0.05) is 0 Å². The van der Waals surface area contributed by atoms with E-state index in [9.17, 15) is 23.5 Å². The molecule has 2 fully saturated rings. The van der Waals surface area contributed by atoms with Crippen LogP contribution in [-0.2, 0) is 12.0 Å². The Balaban J connectivity index is 1.68. The highest BCUT2D eigenvalue weighted by Crippen LogP contribution is 2.50. The Kier molecular flexibility index (Phi) is 4.05. The van der Waals surface area contributed by atoms with Crippen molar-refractivity contribution in [1.29, 1.82) is 0 Å². The van der Waals surface area contributed by atoms with Gasteiger partial charge >= 0.3 is 5.97 Å². The van der Waals surface area contributed by atoms with E-state index in [1.54, 1.807) is 6.07 Å². The second kappa shape index (κ2) is 6.40. The number of carboxylic acid groups (broad SMARTS) is 1. The van der Waals surface area contributed by atoms with Crippen LogP contribution in [0.15, 0.2) is 29.2 Å². The molecule has 1 aromatic heterocycles. The number of aromatic carboxylic acids is 1. The molecule has 0 amide bonds. The van der Waals surface area contributed by atoms with Crippen LogP contribution in [0.1, 0.15) is 60.0 Å². The van der Waals surface area contributed by atoms with Gasteiger partial charge in [0.1, 0.15) is 11.3 Å². The number of fused-ring (bicyclic) bond motifs is 4. The predicted octanol–water partition coefficient (Wildman–Crippen LogP) is 4.38. The Hall–Kier alpha value is -2.70. The molecule has 2 aliphatic carbocycles. The molecule has 2 saturated carbocycles. The third-order valence-corrected chi connectivity index (χ3v) is 6.51. The molecule has 1 aliphatic heterocycles. The van der Waals surface area contributed by atoms with Gasteiger partial charge in [0.25, 0.3) is 6.43 Å². The maximum Gasteiger partial charge on any atom is 0.341 e. The zero-order chi connectivity index (χ0) is 20.3. The highest BCUT2D eigenvalue weighted by molar-refractivity contribution is 5.88. The lowest BCUT2D eigenvalue weighted by Gasteiger charge is -2.48. The van der Waals surface area contributed by atoms with Crippen LogP contribution in [0.2, 0.25) is 0 Å². The Morgan fingerprint density at radius 2 is 2.03 bits per heavy atom. The fraction of sp³-hybridized carbons (Fsp3) is 0.455. The van der Waals surface area contributed by atoms with Crippen LogP contribution < -0.4 is 10.2 Å². The van der Waals surface area contributed by atoms with Crippen molar-refractivity contribution in [3.63, 3.8) is 0 Å². The van der Waals surface area contributed by atoms with E-state index >= 15 is 0 Å². The van der Waals surface area contributed by atoms with E-state index in [1.807, 2.05) is 4.57 Å². The van der Waals surface area contributed by atoms with Crippen LogP contribution in [0.5, 0.6) is 5.75 Å². The number of alkyl halides is 2. The molecule has 1 spiro atoms. The molecule has 0 atom stereocenters. The number of hydrogen-bond donors (Lipinski definition) is 1. The summed E-state index contributed by atoms with van der Waals surface area (Å²) in [6, 6.07) is 4.40. The molecule has 2 heterocycles. The van der Waals surface area contributed by atoms with E-state index in [0.29, 0.717) is 30.2 Å². The van der Waals surface area contributed by atoms with E-state index in [2.05, 4.69) is 0 Å². The molecule has 0 bridgehead atoms. The third-order valence-electron chi connectivity index (χ3n) is 6.51. The van der Waals surface area contributed by atoms with Crippen LogP contribution in [0.25, 0.3) is 11.3 Å². The van der Waals surface area contributed by atoms with Crippen LogP contribution in [0.3, 0.4) is 0 Å². The monoisotopic (exact) mass is 401 g/mol. The van der Waals surface area contributed by atoms with Crippen molar-refractivity contribution in [2.24, 2.45) is 5.92 Å². The van der Waals surface area contributed by atoms with Gasteiger partial charge in [0.15, 0.2) is 5.43 Å². The summed E-state index contributed by atoms with van der Waals surface area (Å²) in [5.74, 6) is -0.607. The van der Waals surface area contributed by atoms with Crippen molar-refractivity contribution in [1.82, 2.24) is 4.57 Å². The minimum absolute atomic E-state index is 0.185. The summed E-state index contributed by atoms with van der Waals surface area (Å²) < 4.78 is 35.1. The van der Waals surface area contributed by atoms with Crippen molar-refractivity contribution in [2.75, 3.05) is 6.61 Å². The molecule has 7 heteroatoms. The molecule has 0 radical (unpaired) electrons. The Morgan fingerprint density at radius 3 is 2.62 bits per heavy atom. The van der Waals surface area contributed by atoms with Crippen LogP contribution in [0.4, 0.5) is 8.78 Å². The lowest BCUT2D eigenvalue weighted by molar-refractivity contribution is 0.0691. The van der Waals surface area contributed by atoms with Gasteiger partial charge in [-0.15, -0.1) is 0 Å². The predicted molar refractivity (Wildman–Crippen MR) is 102 cm³/mol. The fourth-order valence-electron chi connectivity index (χ4n) is 4.55. The lowest BCUT2D eigenvalue weighted by Crippen LogP contribution is -2.46. The first-order valence-electron chi connectivity index (χ1n) is 9.96. The molecule has 0 unspecified atom stereocenters. The van der Waals surface area contributed by atoms with Gasteiger partial charge in [-0.3, -0.25) is 4.79 Å². The SMILES string of the molecule is O=C(O)c1cn2c(cc1=O)-c1cc(C(F)F)c(OCC3CC3)cc1CC21CCC1. The van der Waals surface area contributed by atoms with Crippen molar-refractivity contribution in [3.05, 3.63) is 51.3 Å². The van der Waals surface area contributed by atoms with Crippen LogP contribution >= 0.6 is 0 Å². The molecule has 1 aromatic carbocycles. The molecule has 5 nitrogen and oxygen atoms in total. The number of nitrogens with zero attached hydrogens (tertiary/aromatic N) is 1. The first-order valence-corrected chi connectivity index (χ1v) is 9.96. The van der Waals surface area contributed by atoms with E-state index in [0.717, 1.165) is 37.7 Å². The van der Waals surface area contributed by atoms with Crippen molar-refractivity contribution >= 4 is 5.97 Å². The lowest BCUT2D eigenvalue weighted by atomic mass is 9.69. The number of aromatic nitrogens is 1. The van der Waals surface area contributed by atoms with E-state index in [1.165, 1.54) is 18.3 Å². The first-order chi connectivity index (χ1) is 13.9. The van der Waals surface area contributed by atoms with Crippen molar-refractivity contribution in [3.8, 4) is 17.0 Å². The third kappa shape index (κ3) is 2.94. The standard InChI is InChI=1S/C22H21F2NO4/c23-20(24)15-7-14-13(6-19(15)29-11-12-2-3-12)9-22(4-1-5-22)25-10-16(21(27)28)18(26)8-17(14)25/h6-8,10,12,20H,1-5,9,11H2,(H,27,28). The number of rotatable bonds is 5. The molecule has 0 saturated heterocycles. The molecule has 5 rings (SSSR count). The number of benzene rings is 1. The highest BCUT2D eigenvalue weighted by atomic mass is 19.3. The summed E-state index contributed by atoms with van der Waals surface area (Å²) >= 11 is 0. The van der Waals surface area contributed by atoms with Gasteiger partial charge in [-0.2, -0.15) is 0 Å². The molecule has 152 valence electrons. The molecule has 2 aromatic rings. The van der Waals surface area contributed by atoms with Gasteiger partial charge < -0.3 is 14.4 Å². The molecular weight excluding hydrogens is 380 g/mol. The largest absolute Gasteiger partial charge is 0.493 e. The molecule has 29 heavy (non-hydrogen) atoms. The molecular formula is C22H21F2NO4. The number of halogens is 2. The van der Waals surface area contributed by atoms with Gasteiger partial charge in [-0.25, -0.2) is 13.6 Å². The van der Waals surface area contributed by atoms with E-state index < -0.39 is 17.8 Å². The maximum atomic E-state index is 13.8. The van der Waals surface area contributed by atoms with Crippen molar-refractivity contribution < 1.29 is 23.4 Å². The second-order valence-electron chi connectivity index (χ2n) is 8.47. The minimum Gasteiger partial charge on any atom is -0.493 e. The van der Waals surface area contributed by atoms with Crippen LogP contribution in [-0.4, -0.2) is 22.2 Å². The number of pyridine rings is 1. The summed E-state index contributed by atoms with van der Waals surface area (Å²) in [7, 11) is 0. The van der Waals surface area contributed by atoms with E-state index in [-0.39, 0.29) is 22.4 Å². The molecule has 1 N–H and O–H groups in total. The fourth-order valence-corrected chi connectivity index (χ4v) is 4.55. The normalized spacial score (nSPS) is 18.9. The van der Waals surface area contributed by atoms with Crippen LogP contribution in [0, 0.1) is 5.92 Å². The Morgan fingerprint density at radius 1 is 1.28 bits per heavy atom. The average molecular weight is 401 g/mol. The summed E-state index contributed by atoms with van der Waals surface area (Å²) in [5, 5.41) is 9.36. The quantitative estimate of drug-likeness (QED) is 0.808. The first kappa shape index (κ1) is 18.3. The highest BCUT2D eigenvalue weighted by Gasteiger charge is 2.44. The summed E-state index contributed by atoms with van der Waals surface area (Å²) in [5.41, 5.74) is 0.556. The zero-order valence-corrected chi connectivity index (χ0v) is 15.8. The topological polar surface area (TPSA) is 68.5 Å². The second-order valence-corrected chi connectivity index (χ2v) is 8.47. The van der Waals surface area contributed by atoms with Gasteiger partial charge in [0, 0.05) is 23.4 Å². The zero-order valence-electron chi connectivity index (χ0n) is 15.8. The number of ether oxygens (including phenoxy) is 1. The van der Waals surface area contributed by atoms with Gasteiger partial charge in [0.2, 0.25) is 0 Å². The van der Waals surface area contributed by atoms with Gasteiger partial charge in [-0.05, 0) is 62.1 Å². The maximum absolute atomic E-state index is 13.8. The van der Waals surface area contributed by atoms with Gasteiger partial charge in [0.05, 0.1) is 17.9 Å². The smallest absolute Gasteiger partial charge is 0.341 e. The van der Waals surface area contributed by atoms with Crippen molar-refractivity contribution in [2.45, 2.75) is 50.5 Å². The average Bonchev–Trinajstić information content (AvgIpc) is 3.47. The Bertz CT molecular complexity index is 1070. The molecule has 3 aliphatic rings.